The summed E-state index contributed by atoms with van der Waals surface area (Å²) in [5, 5.41) is 6.49. The van der Waals surface area contributed by atoms with Crippen LogP contribution in [-0.4, -0.2) is 26.3 Å². The number of aromatic amines is 1. The van der Waals surface area contributed by atoms with Crippen LogP contribution >= 0.6 is 11.3 Å². The van der Waals surface area contributed by atoms with Crippen LogP contribution in [0.25, 0.3) is 22.2 Å². The van der Waals surface area contributed by atoms with E-state index in [4.69, 9.17) is 0 Å². The highest BCUT2D eigenvalue weighted by Gasteiger charge is 2.15. The van der Waals surface area contributed by atoms with Crippen LogP contribution in [0.15, 0.2) is 53.9 Å². The van der Waals surface area contributed by atoms with Crippen molar-refractivity contribution in [3.63, 3.8) is 0 Å². The van der Waals surface area contributed by atoms with Gasteiger partial charge in [0.1, 0.15) is 0 Å². The summed E-state index contributed by atoms with van der Waals surface area (Å²) in [5.41, 5.74) is 5.42. The normalized spacial score (nSPS) is 12.2. The number of aromatic nitrogens is 2. The van der Waals surface area contributed by atoms with Gasteiger partial charge in [-0.25, -0.2) is 4.98 Å². The molecule has 0 fully saturated rings. The molecule has 1 atom stereocenters. The quantitative estimate of drug-likeness (QED) is 0.500. The van der Waals surface area contributed by atoms with E-state index in [0.717, 1.165) is 33.4 Å². The first-order valence-electron chi connectivity index (χ1n) is 8.75. The fourth-order valence-electron chi connectivity index (χ4n) is 3.26. The van der Waals surface area contributed by atoms with Crippen molar-refractivity contribution >= 4 is 44.1 Å². The van der Waals surface area contributed by atoms with E-state index in [1.54, 1.807) is 24.5 Å². The summed E-state index contributed by atoms with van der Waals surface area (Å²) in [7, 11) is -0.949. The number of carbonyl (C=O) groups is 1. The van der Waals surface area contributed by atoms with E-state index in [1.807, 2.05) is 36.6 Å². The molecule has 2 heterocycles. The fraction of sp³-hybridized carbons (Fsp3) is 0.143. The summed E-state index contributed by atoms with van der Waals surface area (Å²) in [5.74, 6) is 0.211. The molecule has 0 saturated heterocycles. The van der Waals surface area contributed by atoms with E-state index in [-0.39, 0.29) is 5.91 Å². The molecule has 2 N–H and O–H groups in total. The summed E-state index contributed by atoms with van der Waals surface area (Å²) in [4.78, 5) is 20.6. The van der Waals surface area contributed by atoms with Gasteiger partial charge < -0.3 is 4.98 Å². The number of aryl methyl sites for hydroxylation is 1. The predicted octanol–water partition coefficient (Wildman–Crippen LogP) is 4.73. The Kier molecular flexibility index (Phi) is 5.11. The van der Waals surface area contributed by atoms with Gasteiger partial charge in [0.25, 0.3) is 5.91 Å². The Hall–Kier alpha value is -2.77. The van der Waals surface area contributed by atoms with Crippen LogP contribution < -0.4 is 5.32 Å². The molecule has 0 aliphatic heterocycles. The number of fused-ring (bicyclic) bond motifs is 1. The Bertz CT molecular complexity index is 1190. The summed E-state index contributed by atoms with van der Waals surface area (Å²) in [6, 6.07) is 15.3. The summed E-state index contributed by atoms with van der Waals surface area (Å²) < 4.78 is 11.4. The van der Waals surface area contributed by atoms with Gasteiger partial charge in [-0.15, -0.1) is 11.3 Å². The number of nitrogens with zero attached hydrogens (tertiary/aromatic N) is 1. The van der Waals surface area contributed by atoms with Gasteiger partial charge in [-0.1, -0.05) is 30.3 Å². The minimum absolute atomic E-state index is 0.222. The van der Waals surface area contributed by atoms with E-state index in [2.05, 4.69) is 21.4 Å². The number of anilines is 1. The third kappa shape index (κ3) is 3.76. The van der Waals surface area contributed by atoms with Gasteiger partial charge in [-0.2, -0.15) is 0 Å². The van der Waals surface area contributed by atoms with Crippen molar-refractivity contribution in [2.45, 2.75) is 12.7 Å². The molecule has 0 bridgehead atoms. The lowest BCUT2D eigenvalue weighted by atomic mass is 10.1. The van der Waals surface area contributed by atoms with Gasteiger partial charge in [0.2, 0.25) is 0 Å². The Morgan fingerprint density at radius 1 is 1.21 bits per heavy atom. The molecule has 0 spiro atoms. The Morgan fingerprint density at radius 2 is 2.04 bits per heavy atom. The highest BCUT2D eigenvalue weighted by atomic mass is 32.2. The van der Waals surface area contributed by atoms with E-state index < -0.39 is 10.8 Å². The Labute approximate surface area is 169 Å². The van der Waals surface area contributed by atoms with Crippen LogP contribution in [0, 0.1) is 6.92 Å². The second-order valence-corrected chi connectivity index (χ2v) is 8.87. The van der Waals surface area contributed by atoms with Gasteiger partial charge in [0, 0.05) is 55.9 Å². The lowest BCUT2D eigenvalue weighted by Gasteiger charge is -2.04. The molecule has 142 valence electrons. The Balaban J connectivity index is 1.57. The lowest BCUT2D eigenvalue weighted by Crippen LogP contribution is -2.12. The molecule has 1 unspecified atom stereocenters. The van der Waals surface area contributed by atoms with Gasteiger partial charge in [0.05, 0.1) is 5.69 Å². The molecule has 4 rings (SSSR count). The molecular formula is C21H19N3O2S2. The molecular weight excluding hydrogens is 390 g/mol. The highest BCUT2D eigenvalue weighted by molar-refractivity contribution is 7.83. The topological polar surface area (TPSA) is 74.8 Å². The fourth-order valence-corrected chi connectivity index (χ4v) is 4.60. The smallest absolute Gasteiger partial charge is 0.257 e. The van der Waals surface area contributed by atoms with Gasteiger partial charge >= 0.3 is 0 Å². The minimum atomic E-state index is -0.949. The SMILES string of the molecule is Cc1[nH]c2ccccc2c1-c1csc(NC(=O)c2cccc(CS(C)=O)c2)n1. The van der Waals surface area contributed by atoms with E-state index in [1.165, 1.54) is 11.3 Å². The predicted molar refractivity (Wildman–Crippen MR) is 116 cm³/mol. The van der Waals surface area contributed by atoms with Gasteiger partial charge in [-0.05, 0) is 30.7 Å². The van der Waals surface area contributed by atoms with E-state index in [0.29, 0.717) is 16.4 Å². The van der Waals surface area contributed by atoms with Crippen LogP contribution in [0.1, 0.15) is 21.6 Å². The maximum Gasteiger partial charge on any atom is 0.257 e. The maximum atomic E-state index is 12.6. The van der Waals surface area contributed by atoms with Crippen LogP contribution in [-0.2, 0) is 16.6 Å². The summed E-state index contributed by atoms with van der Waals surface area (Å²) >= 11 is 1.40. The lowest BCUT2D eigenvalue weighted by molar-refractivity contribution is 0.102. The molecule has 5 nitrogen and oxygen atoms in total. The minimum Gasteiger partial charge on any atom is -0.358 e. The van der Waals surface area contributed by atoms with Crippen molar-refractivity contribution in [2.24, 2.45) is 0 Å². The summed E-state index contributed by atoms with van der Waals surface area (Å²) in [6.07, 6.45) is 1.65. The number of hydrogen-bond donors (Lipinski definition) is 2. The van der Waals surface area contributed by atoms with Crippen LogP contribution in [0.3, 0.4) is 0 Å². The van der Waals surface area contributed by atoms with E-state index in [9.17, 15) is 9.00 Å². The van der Waals surface area contributed by atoms with Crippen molar-refractivity contribution < 1.29 is 9.00 Å². The van der Waals surface area contributed by atoms with E-state index >= 15 is 0 Å². The van der Waals surface area contributed by atoms with Crippen molar-refractivity contribution in [3.05, 3.63) is 70.7 Å². The molecule has 0 saturated carbocycles. The molecule has 1 amide bonds. The van der Waals surface area contributed by atoms with Crippen LogP contribution in [0.5, 0.6) is 0 Å². The van der Waals surface area contributed by atoms with Crippen molar-refractivity contribution in [1.29, 1.82) is 0 Å². The molecule has 4 aromatic rings. The summed E-state index contributed by atoms with van der Waals surface area (Å²) in [6.45, 7) is 2.02. The number of para-hydroxylation sites is 1. The van der Waals surface area contributed by atoms with Crippen molar-refractivity contribution in [3.8, 4) is 11.3 Å². The first-order valence-corrected chi connectivity index (χ1v) is 11.4. The second kappa shape index (κ2) is 7.69. The number of benzene rings is 2. The highest BCUT2D eigenvalue weighted by Crippen LogP contribution is 2.33. The molecule has 0 radical (unpaired) electrons. The zero-order valence-corrected chi connectivity index (χ0v) is 17.1. The Morgan fingerprint density at radius 3 is 2.86 bits per heavy atom. The van der Waals surface area contributed by atoms with Crippen molar-refractivity contribution in [1.82, 2.24) is 9.97 Å². The third-order valence-electron chi connectivity index (χ3n) is 4.43. The number of thiazole rings is 1. The molecule has 0 aliphatic carbocycles. The molecule has 2 aromatic carbocycles. The number of carbonyl (C=O) groups excluding carboxylic acids is 1. The average molecular weight is 410 g/mol. The zero-order chi connectivity index (χ0) is 19.7. The van der Waals surface area contributed by atoms with Gasteiger partial charge in [0.15, 0.2) is 5.13 Å². The average Bonchev–Trinajstić information content (AvgIpc) is 3.24. The number of rotatable bonds is 5. The van der Waals surface area contributed by atoms with Crippen molar-refractivity contribution in [2.75, 3.05) is 11.6 Å². The maximum absolute atomic E-state index is 12.6. The number of nitrogens with one attached hydrogen (secondary N) is 2. The monoisotopic (exact) mass is 409 g/mol. The zero-order valence-electron chi connectivity index (χ0n) is 15.5. The standard InChI is InChI=1S/C21H19N3O2S2/c1-13-19(16-8-3-4-9-17(16)22-13)18-11-27-21(23-18)24-20(25)15-7-5-6-14(10-15)12-28(2)26/h3-11,22H,12H2,1-2H3,(H,23,24,25). The number of amides is 1. The van der Waals surface area contributed by atoms with Crippen LogP contribution in [0.4, 0.5) is 5.13 Å². The first-order chi connectivity index (χ1) is 13.5. The molecule has 0 aliphatic rings. The third-order valence-corrected chi connectivity index (χ3v) is 5.93. The van der Waals surface area contributed by atoms with Crippen LogP contribution in [0.2, 0.25) is 0 Å². The largest absolute Gasteiger partial charge is 0.358 e. The molecule has 28 heavy (non-hydrogen) atoms. The number of hydrogen-bond acceptors (Lipinski definition) is 4. The first kappa shape index (κ1) is 18.6. The van der Waals surface area contributed by atoms with Gasteiger partial charge in [-0.3, -0.25) is 14.3 Å². The second-order valence-electron chi connectivity index (χ2n) is 6.58. The molecule has 2 aromatic heterocycles. The number of H-pyrrole nitrogens is 1. The molecule has 7 heteroatoms.